The summed E-state index contributed by atoms with van der Waals surface area (Å²) in [5.41, 5.74) is 0. The molecule has 0 aromatic carbocycles. The molecule has 1 unspecified atom stereocenters. The van der Waals surface area contributed by atoms with Crippen molar-refractivity contribution in [1.82, 2.24) is 10.2 Å². The van der Waals surface area contributed by atoms with Crippen LogP contribution >= 0.6 is 0 Å². The lowest BCUT2D eigenvalue weighted by Gasteiger charge is -2.27. The monoisotopic (exact) mass is 284 g/mol. The van der Waals surface area contributed by atoms with Crippen molar-refractivity contribution in [3.8, 4) is 0 Å². The third kappa shape index (κ3) is 4.21. The van der Waals surface area contributed by atoms with Crippen LogP contribution in [0, 0.1) is 11.8 Å². The van der Waals surface area contributed by atoms with Crippen LogP contribution in [0.3, 0.4) is 0 Å². The molecule has 0 heterocycles. The molecule has 2 amide bonds. The molecule has 1 rings (SSSR count). The van der Waals surface area contributed by atoms with Crippen molar-refractivity contribution < 1.29 is 19.5 Å². The highest BCUT2D eigenvalue weighted by molar-refractivity contribution is 5.88. The van der Waals surface area contributed by atoms with E-state index < -0.39 is 12.0 Å². The molecule has 6 heteroatoms. The Bertz CT molecular complexity index is 375. The minimum absolute atomic E-state index is 0.111. The Hall–Kier alpha value is -1.59. The van der Waals surface area contributed by atoms with E-state index in [2.05, 4.69) is 5.32 Å². The number of hydrogen-bond acceptors (Lipinski definition) is 3. The summed E-state index contributed by atoms with van der Waals surface area (Å²) in [6.07, 6.45) is 2.22. The second-order valence-corrected chi connectivity index (χ2v) is 5.47. The number of carboxylic acid groups (broad SMARTS) is 1. The summed E-state index contributed by atoms with van der Waals surface area (Å²) >= 11 is 0. The van der Waals surface area contributed by atoms with Gasteiger partial charge in [-0.25, -0.2) is 0 Å². The Labute approximate surface area is 119 Å². The van der Waals surface area contributed by atoms with E-state index in [1.165, 1.54) is 0 Å². The molecule has 0 saturated heterocycles. The highest BCUT2D eigenvalue weighted by Gasteiger charge is 2.31. The first-order valence-corrected chi connectivity index (χ1v) is 7.15. The molecule has 2 N–H and O–H groups in total. The Kier molecular flexibility index (Phi) is 5.98. The van der Waals surface area contributed by atoms with Crippen molar-refractivity contribution in [3.05, 3.63) is 0 Å². The van der Waals surface area contributed by atoms with Crippen LogP contribution in [0.1, 0.15) is 39.5 Å². The van der Waals surface area contributed by atoms with Crippen LogP contribution in [0.5, 0.6) is 0 Å². The quantitative estimate of drug-likeness (QED) is 0.784. The zero-order valence-corrected chi connectivity index (χ0v) is 12.4. The smallest absolute Gasteiger partial charge is 0.306 e. The lowest BCUT2D eigenvalue weighted by Crippen LogP contribution is -2.47. The maximum Gasteiger partial charge on any atom is 0.306 e. The van der Waals surface area contributed by atoms with E-state index in [1.807, 2.05) is 6.92 Å². The highest BCUT2D eigenvalue weighted by atomic mass is 16.4. The average molecular weight is 284 g/mol. The minimum Gasteiger partial charge on any atom is -0.481 e. The van der Waals surface area contributed by atoms with Crippen molar-refractivity contribution in [2.24, 2.45) is 11.8 Å². The van der Waals surface area contributed by atoms with Gasteiger partial charge in [0.25, 0.3) is 0 Å². The fourth-order valence-corrected chi connectivity index (χ4v) is 2.48. The summed E-state index contributed by atoms with van der Waals surface area (Å²) in [6, 6.07) is -0.537. The molecule has 6 nitrogen and oxygen atoms in total. The number of carbonyl (C=O) groups excluding carboxylic acids is 2. The Balaban J connectivity index is 2.44. The van der Waals surface area contributed by atoms with Gasteiger partial charge in [0.1, 0.15) is 6.04 Å². The lowest BCUT2D eigenvalue weighted by atomic mass is 9.81. The SMILES string of the molecule is CCN(C)C(=O)C(C)NC(=O)C1CCC(C(=O)O)CC1. The molecule has 20 heavy (non-hydrogen) atoms. The van der Waals surface area contributed by atoms with Gasteiger partial charge in [-0.1, -0.05) is 0 Å². The van der Waals surface area contributed by atoms with Crippen LogP contribution in [0.15, 0.2) is 0 Å². The Morgan fingerprint density at radius 2 is 1.70 bits per heavy atom. The van der Waals surface area contributed by atoms with Crippen molar-refractivity contribution in [3.63, 3.8) is 0 Å². The van der Waals surface area contributed by atoms with Crippen LogP contribution in [0.4, 0.5) is 0 Å². The van der Waals surface area contributed by atoms with Gasteiger partial charge in [0.2, 0.25) is 11.8 Å². The summed E-state index contributed by atoms with van der Waals surface area (Å²) in [6.45, 7) is 4.15. The van der Waals surface area contributed by atoms with Crippen LogP contribution in [-0.4, -0.2) is 47.4 Å². The number of amides is 2. The van der Waals surface area contributed by atoms with Gasteiger partial charge in [0.15, 0.2) is 0 Å². The van der Waals surface area contributed by atoms with Gasteiger partial charge in [-0.05, 0) is 39.5 Å². The molecule has 1 aliphatic rings. The minimum atomic E-state index is -0.781. The number of nitrogens with zero attached hydrogens (tertiary/aromatic N) is 1. The molecule has 0 aliphatic heterocycles. The summed E-state index contributed by atoms with van der Waals surface area (Å²) < 4.78 is 0. The molecule has 1 atom stereocenters. The lowest BCUT2D eigenvalue weighted by molar-refractivity contribution is -0.144. The number of carbonyl (C=O) groups is 3. The molecule has 0 radical (unpaired) electrons. The topological polar surface area (TPSA) is 86.7 Å². The van der Waals surface area contributed by atoms with Crippen molar-refractivity contribution >= 4 is 17.8 Å². The maximum absolute atomic E-state index is 12.1. The number of likely N-dealkylation sites (N-methyl/N-ethyl adjacent to an activating group) is 1. The largest absolute Gasteiger partial charge is 0.481 e. The molecule has 1 fully saturated rings. The third-order valence-electron chi connectivity index (χ3n) is 4.03. The van der Waals surface area contributed by atoms with Gasteiger partial charge in [-0.2, -0.15) is 0 Å². The van der Waals surface area contributed by atoms with Gasteiger partial charge in [0, 0.05) is 19.5 Å². The van der Waals surface area contributed by atoms with Crippen molar-refractivity contribution in [2.75, 3.05) is 13.6 Å². The number of rotatable bonds is 5. The van der Waals surface area contributed by atoms with Crippen LogP contribution < -0.4 is 5.32 Å². The van der Waals surface area contributed by atoms with Crippen molar-refractivity contribution in [1.29, 1.82) is 0 Å². The van der Waals surface area contributed by atoms with Crippen LogP contribution in [0.25, 0.3) is 0 Å². The van der Waals surface area contributed by atoms with Crippen LogP contribution in [-0.2, 0) is 14.4 Å². The molecule has 114 valence electrons. The third-order valence-corrected chi connectivity index (χ3v) is 4.03. The summed E-state index contributed by atoms with van der Waals surface area (Å²) in [5.74, 6) is -1.53. The van der Waals surface area contributed by atoms with Crippen LogP contribution in [0.2, 0.25) is 0 Å². The zero-order chi connectivity index (χ0) is 15.3. The number of nitrogens with one attached hydrogen (secondary N) is 1. The zero-order valence-electron chi connectivity index (χ0n) is 12.4. The number of carboxylic acids is 1. The van der Waals surface area contributed by atoms with Gasteiger partial charge >= 0.3 is 5.97 Å². The molecular formula is C14H24N2O4. The standard InChI is InChI=1S/C14H24N2O4/c1-4-16(3)13(18)9(2)15-12(17)10-5-7-11(8-6-10)14(19)20/h9-11H,4-8H2,1-3H3,(H,15,17)(H,19,20). The highest BCUT2D eigenvalue weighted by Crippen LogP contribution is 2.29. The normalized spacial score (nSPS) is 23.8. The van der Waals surface area contributed by atoms with Gasteiger partial charge in [-0.3, -0.25) is 14.4 Å². The molecular weight excluding hydrogens is 260 g/mol. The molecule has 0 spiro atoms. The van der Waals surface area contributed by atoms with E-state index in [-0.39, 0.29) is 23.7 Å². The first kappa shape index (κ1) is 16.5. The fraction of sp³-hybridized carbons (Fsp3) is 0.786. The van der Waals surface area contributed by atoms with Crippen molar-refractivity contribution in [2.45, 2.75) is 45.6 Å². The molecule has 1 saturated carbocycles. The van der Waals surface area contributed by atoms with E-state index in [4.69, 9.17) is 5.11 Å². The first-order chi connectivity index (χ1) is 9.36. The predicted molar refractivity (Wildman–Crippen MR) is 74.0 cm³/mol. The first-order valence-electron chi connectivity index (χ1n) is 7.15. The predicted octanol–water partition coefficient (Wildman–Crippen LogP) is 0.860. The van der Waals surface area contributed by atoms with E-state index >= 15 is 0 Å². The number of aliphatic carboxylic acids is 1. The van der Waals surface area contributed by atoms with E-state index in [0.29, 0.717) is 32.2 Å². The summed E-state index contributed by atoms with van der Waals surface area (Å²) in [5, 5.41) is 11.6. The average Bonchev–Trinajstić information content (AvgIpc) is 2.45. The molecule has 0 bridgehead atoms. The molecule has 0 aromatic rings. The second-order valence-electron chi connectivity index (χ2n) is 5.47. The van der Waals surface area contributed by atoms with Gasteiger partial charge in [-0.15, -0.1) is 0 Å². The Morgan fingerprint density at radius 3 is 2.15 bits per heavy atom. The maximum atomic E-state index is 12.1. The molecule has 0 aromatic heterocycles. The van der Waals surface area contributed by atoms with Gasteiger partial charge < -0.3 is 15.3 Å². The fourth-order valence-electron chi connectivity index (χ4n) is 2.48. The summed E-state index contributed by atoms with van der Waals surface area (Å²) in [7, 11) is 1.70. The number of hydrogen-bond donors (Lipinski definition) is 2. The van der Waals surface area contributed by atoms with E-state index in [9.17, 15) is 14.4 Å². The molecule has 1 aliphatic carbocycles. The second kappa shape index (κ2) is 7.26. The van der Waals surface area contributed by atoms with E-state index in [0.717, 1.165) is 0 Å². The van der Waals surface area contributed by atoms with E-state index in [1.54, 1.807) is 18.9 Å². The summed E-state index contributed by atoms with van der Waals surface area (Å²) in [4.78, 5) is 36.4. The van der Waals surface area contributed by atoms with Gasteiger partial charge in [0.05, 0.1) is 5.92 Å². The Morgan fingerprint density at radius 1 is 1.20 bits per heavy atom.